The molecule has 0 saturated heterocycles. The summed E-state index contributed by atoms with van der Waals surface area (Å²) in [4.78, 5) is 0. The predicted molar refractivity (Wildman–Crippen MR) is 82.9 cm³/mol. The van der Waals surface area contributed by atoms with E-state index in [0.29, 0.717) is 10.0 Å². The molecule has 0 radical (unpaired) electrons. The normalized spacial score (nSPS) is 13.3. The molecule has 0 aliphatic heterocycles. The van der Waals surface area contributed by atoms with Gasteiger partial charge >= 0.3 is 0 Å². The van der Waals surface area contributed by atoms with E-state index in [1.165, 1.54) is 5.56 Å². The summed E-state index contributed by atoms with van der Waals surface area (Å²) in [7, 11) is 0. The van der Waals surface area contributed by atoms with Gasteiger partial charge in [0.2, 0.25) is 0 Å². The third-order valence-electron chi connectivity index (χ3n) is 3.60. The fraction of sp³-hybridized carbons (Fsp3) is 0.250. The molecule has 2 N–H and O–H groups in total. The second kappa shape index (κ2) is 5.54. The van der Waals surface area contributed by atoms with Crippen molar-refractivity contribution < 1.29 is 0 Å². The Balaban J connectivity index is 2.37. The van der Waals surface area contributed by atoms with Crippen LogP contribution in [-0.4, -0.2) is 0 Å². The molecule has 0 amide bonds. The molecular formula is C16H17Cl2N. The fourth-order valence-corrected chi connectivity index (χ4v) is 2.48. The van der Waals surface area contributed by atoms with Gasteiger partial charge in [0.05, 0.1) is 10.0 Å². The minimum absolute atomic E-state index is 0.148. The molecule has 100 valence electrons. The first-order chi connectivity index (χ1) is 8.93. The Morgan fingerprint density at radius 2 is 1.58 bits per heavy atom. The summed E-state index contributed by atoms with van der Waals surface area (Å²) < 4.78 is 0. The maximum atomic E-state index is 6.42. The van der Waals surface area contributed by atoms with Crippen LogP contribution in [0.15, 0.2) is 48.5 Å². The quantitative estimate of drug-likeness (QED) is 0.849. The highest BCUT2D eigenvalue weighted by atomic mass is 35.5. The highest BCUT2D eigenvalue weighted by molar-refractivity contribution is 6.42. The Labute approximate surface area is 124 Å². The molecular weight excluding hydrogens is 277 g/mol. The summed E-state index contributed by atoms with van der Waals surface area (Å²) in [6.07, 6.45) is 0. The zero-order valence-electron chi connectivity index (χ0n) is 11.0. The summed E-state index contributed by atoms with van der Waals surface area (Å²) in [5.74, 6) is 0. The summed E-state index contributed by atoms with van der Waals surface area (Å²) in [6, 6.07) is 15.7. The van der Waals surface area contributed by atoms with Gasteiger partial charge in [-0.3, -0.25) is 0 Å². The van der Waals surface area contributed by atoms with E-state index in [1.54, 1.807) is 6.07 Å². The van der Waals surface area contributed by atoms with Gasteiger partial charge in [-0.15, -0.1) is 0 Å². The van der Waals surface area contributed by atoms with Crippen LogP contribution in [0.2, 0.25) is 10.0 Å². The van der Waals surface area contributed by atoms with Gasteiger partial charge in [-0.2, -0.15) is 0 Å². The summed E-state index contributed by atoms with van der Waals surface area (Å²) >= 11 is 12.0. The number of halogens is 2. The van der Waals surface area contributed by atoms with Gasteiger partial charge in [-0.25, -0.2) is 0 Å². The Bertz CT molecular complexity index is 564. The maximum Gasteiger partial charge on any atom is 0.0595 e. The molecule has 2 rings (SSSR count). The maximum absolute atomic E-state index is 6.42. The first-order valence-corrected chi connectivity index (χ1v) is 6.94. The van der Waals surface area contributed by atoms with Crippen LogP contribution < -0.4 is 5.73 Å². The van der Waals surface area contributed by atoms with Gasteiger partial charge in [0.15, 0.2) is 0 Å². The molecule has 0 spiro atoms. The Morgan fingerprint density at radius 3 is 2.16 bits per heavy atom. The molecule has 1 nitrogen and oxygen atoms in total. The fourth-order valence-electron chi connectivity index (χ4n) is 2.17. The molecule has 0 aromatic heterocycles. The summed E-state index contributed by atoms with van der Waals surface area (Å²) in [5.41, 5.74) is 8.43. The second-order valence-electron chi connectivity index (χ2n) is 5.24. The monoisotopic (exact) mass is 293 g/mol. The zero-order valence-corrected chi connectivity index (χ0v) is 12.5. The molecule has 2 aromatic rings. The molecule has 0 saturated carbocycles. The highest BCUT2D eigenvalue weighted by Gasteiger charge is 2.29. The molecule has 1 unspecified atom stereocenters. The Morgan fingerprint density at radius 1 is 0.947 bits per heavy atom. The largest absolute Gasteiger partial charge is 0.323 e. The second-order valence-corrected chi connectivity index (χ2v) is 6.05. The number of benzene rings is 2. The van der Waals surface area contributed by atoms with E-state index < -0.39 is 0 Å². The lowest BCUT2D eigenvalue weighted by atomic mass is 9.75. The number of hydrogen-bond donors (Lipinski definition) is 1. The average Bonchev–Trinajstić information content (AvgIpc) is 2.42. The highest BCUT2D eigenvalue weighted by Crippen LogP contribution is 2.36. The first-order valence-electron chi connectivity index (χ1n) is 6.19. The molecule has 2 aromatic carbocycles. The molecule has 0 aliphatic rings. The first kappa shape index (κ1) is 14.4. The van der Waals surface area contributed by atoms with Crippen LogP contribution in [0, 0.1) is 0 Å². The van der Waals surface area contributed by atoms with Gasteiger partial charge in [-0.1, -0.05) is 73.4 Å². The van der Waals surface area contributed by atoms with Crippen LogP contribution in [0.1, 0.15) is 31.0 Å². The number of rotatable bonds is 3. The van der Waals surface area contributed by atoms with Gasteiger partial charge in [0, 0.05) is 11.5 Å². The van der Waals surface area contributed by atoms with Crippen LogP contribution in [0.5, 0.6) is 0 Å². The van der Waals surface area contributed by atoms with Crippen molar-refractivity contribution in [3.63, 3.8) is 0 Å². The smallest absolute Gasteiger partial charge is 0.0595 e. The van der Waals surface area contributed by atoms with Crippen molar-refractivity contribution in [2.45, 2.75) is 25.3 Å². The van der Waals surface area contributed by atoms with E-state index >= 15 is 0 Å². The number of hydrogen-bond acceptors (Lipinski definition) is 1. The molecule has 0 heterocycles. The Kier molecular flexibility index (Phi) is 4.19. The van der Waals surface area contributed by atoms with Crippen LogP contribution >= 0.6 is 23.2 Å². The standard InChI is InChI=1S/C16H17Cl2N/c1-16(2,12-6-4-3-5-7-12)15(19)11-8-9-13(17)14(18)10-11/h3-10,15H,19H2,1-2H3. The van der Waals surface area contributed by atoms with Gasteiger partial charge < -0.3 is 5.73 Å². The van der Waals surface area contributed by atoms with Crippen LogP contribution in [0.4, 0.5) is 0 Å². The third-order valence-corrected chi connectivity index (χ3v) is 4.34. The molecule has 0 bridgehead atoms. The van der Waals surface area contributed by atoms with E-state index in [-0.39, 0.29) is 11.5 Å². The lowest BCUT2D eigenvalue weighted by molar-refractivity contribution is 0.421. The Hall–Kier alpha value is -1.02. The van der Waals surface area contributed by atoms with Crippen molar-refractivity contribution in [3.05, 3.63) is 69.7 Å². The minimum Gasteiger partial charge on any atom is -0.323 e. The SMILES string of the molecule is CC(C)(c1ccccc1)C(N)c1ccc(Cl)c(Cl)c1. The van der Waals surface area contributed by atoms with Crippen molar-refractivity contribution in [3.8, 4) is 0 Å². The van der Waals surface area contributed by atoms with Gasteiger partial charge in [0.1, 0.15) is 0 Å². The zero-order chi connectivity index (χ0) is 14.0. The van der Waals surface area contributed by atoms with Gasteiger partial charge in [-0.05, 0) is 23.3 Å². The van der Waals surface area contributed by atoms with E-state index in [9.17, 15) is 0 Å². The van der Waals surface area contributed by atoms with E-state index in [4.69, 9.17) is 28.9 Å². The van der Waals surface area contributed by atoms with Crippen molar-refractivity contribution in [1.82, 2.24) is 0 Å². The van der Waals surface area contributed by atoms with Crippen molar-refractivity contribution in [2.24, 2.45) is 5.73 Å². The summed E-state index contributed by atoms with van der Waals surface area (Å²) in [5, 5.41) is 1.09. The van der Waals surface area contributed by atoms with Crippen LogP contribution in [0.3, 0.4) is 0 Å². The lowest BCUT2D eigenvalue weighted by Gasteiger charge is -2.32. The molecule has 19 heavy (non-hydrogen) atoms. The van der Waals surface area contributed by atoms with E-state index in [0.717, 1.165) is 5.56 Å². The third kappa shape index (κ3) is 2.94. The van der Waals surface area contributed by atoms with Crippen LogP contribution in [0.25, 0.3) is 0 Å². The lowest BCUT2D eigenvalue weighted by Crippen LogP contribution is -2.33. The summed E-state index contributed by atoms with van der Waals surface area (Å²) in [6.45, 7) is 4.27. The van der Waals surface area contributed by atoms with Crippen molar-refractivity contribution in [2.75, 3.05) is 0 Å². The molecule has 3 heteroatoms. The minimum atomic E-state index is -0.182. The van der Waals surface area contributed by atoms with E-state index in [1.807, 2.05) is 30.3 Å². The van der Waals surface area contributed by atoms with Gasteiger partial charge in [0.25, 0.3) is 0 Å². The molecule has 1 atom stereocenters. The van der Waals surface area contributed by atoms with Crippen molar-refractivity contribution >= 4 is 23.2 Å². The average molecular weight is 294 g/mol. The van der Waals surface area contributed by atoms with E-state index in [2.05, 4.69) is 26.0 Å². The predicted octanol–water partition coefficient (Wildman–Crippen LogP) is 4.97. The molecule has 0 fully saturated rings. The van der Waals surface area contributed by atoms with Crippen LogP contribution in [-0.2, 0) is 5.41 Å². The van der Waals surface area contributed by atoms with Crippen molar-refractivity contribution in [1.29, 1.82) is 0 Å². The number of nitrogens with two attached hydrogens (primary N) is 1. The molecule has 0 aliphatic carbocycles. The topological polar surface area (TPSA) is 26.0 Å².